The highest BCUT2D eigenvalue weighted by molar-refractivity contribution is 5.93. The van der Waals surface area contributed by atoms with Crippen LogP contribution in [0.4, 0.5) is 18.9 Å². The van der Waals surface area contributed by atoms with E-state index in [4.69, 9.17) is 4.74 Å². The first kappa shape index (κ1) is 24.3. The lowest BCUT2D eigenvalue weighted by atomic mass is 10.1. The maximum Gasteiger partial charge on any atom is 0.417 e. The summed E-state index contributed by atoms with van der Waals surface area (Å²) in [5, 5.41) is 6.94. The number of fused-ring (bicyclic) bond motifs is 1. The Labute approximate surface area is 200 Å². The summed E-state index contributed by atoms with van der Waals surface area (Å²) in [7, 11) is 0. The molecule has 2 heterocycles. The number of aryl methyl sites for hydroxylation is 3. The standard InChI is InChI=1S/C26H25F3N4O2/c1-5-18-9-11-19(12-10-18)33-25-24(17(4)32-33)20(26(27,28)29)13-23(31-25)35-14-22(34)30-21-8-6-7-15(2)16(21)3/h6-13H,5,14H2,1-4H3,(H,30,34). The average Bonchev–Trinajstić information content (AvgIpc) is 3.16. The van der Waals surface area contributed by atoms with E-state index < -0.39 is 24.3 Å². The van der Waals surface area contributed by atoms with Gasteiger partial charge in [0.25, 0.3) is 5.91 Å². The normalized spacial score (nSPS) is 11.6. The van der Waals surface area contributed by atoms with Gasteiger partial charge in [0, 0.05) is 11.8 Å². The van der Waals surface area contributed by atoms with Gasteiger partial charge in [-0.25, -0.2) is 4.68 Å². The molecule has 0 saturated carbocycles. The van der Waals surface area contributed by atoms with E-state index in [0.29, 0.717) is 11.4 Å². The second kappa shape index (κ2) is 9.40. The lowest BCUT2D eigenvalue weighted by Gasteiger charge is -2.13. The molecule has 0 aliphatic rings. The van der Waals surface area contributed by atoms with Gasteiger partial charge in [0.15, 0.2) is 12.3 Å². The zero-order valence-corrected chi connectivity index (χ0v) is 19.8. The zero-order chi connectivity index (χ0) is 25.3. The summed E-state index contributed by atoms with van der Waals surface area (Å²) < 4.78 is 48.7. The number of hydrogen-bond donors (Lipinski definition) is 1. The van der Waals surface area contributed by atoms with Crippen LogP contribution in [0.25, 0.3) is 16.7 Å². The molecule has 2 aromatic carbocycles. The minimum Gasteiger partial charge on any atom is -0.467 e. The minimum absolute atomic E-state index is 0.00603. The number of anilines is 1. The van der Waals surface area contributed by atoms with Crippen molar-refractivity contribution in [3.8, 4) is 11.6 Å². The molecular formula is C26H25F3N4O2. The summed E-state index contributed by atoms with van der Waals surface area (Å²) in [6.07, 6.45) is -3.83. The third-order valence-corrected chi connectivity index (χ3v) is 5.91. The van der Waals surface area contributed by atoms with Crippen molar-refractivity contribution in [1.82, 2.24) is 14.8 Å². The van der Waals surface area contributed by atoms with E-state index in [2.05, 4.69) is 15.4 Å². The van der Waals surface area contributed by atoms with Gasteiger partial charge in [-0.3, -0.25) is 4.79 Å². The van der Waals surface area contributed by atoms with Gasteiger partial charge in [0.2, 0.25) is 5.88 Å². The van der Waals surface area contributed by atoms with Crippen molar-refractivity contribution >= 4 is 22.6 Å². The number of nitrogens with zero attached hydrogens (tertiary/aromatic N) is 3. The van der Waals surface area contributed by atoms with Gasteiger partial charge < -0.3 is 10.1 Å². The number of ether oxygens (including phenoxy) is 1. The van der Waals surface area contributed by atoms with Crippen molar-refractivity contribution in [3.63, 3.8) is 0 Å². The highest BCUT2D eigenvalue weighted by atomic mass is 19.4. The summed E-state index contributed by atoms with van der Waals surface area (Å²) in [5.41, 5.74) is 3.46. The van der Waals surface area contributed by atoms with Gasteiger partial charge in [-0.1, -0.05) is 31.2 Å². The van der Waals surface area contributed by atoms with Crippen LogP contribution in [0.3, 0.4) is 0 Å². The molecule has 1 N–H and O–H groups in total. The molecule has 2 aromatic heterocycles. The molecule has 0 spiro atoms. The maximum atomic E-state index is 14.0. The average molecular weight is 483 g/mol. The number of hydrogen-bond acceptors (Lipinski definition) is 4. The third kappa shape index (κ3) is 4.99. The Hall–Kier alpha value is -3.88. The fourth-order valence-corrected chi connectivity index (χ4v) is 3.83. The van der Waals surface area contributed by atoms with Gasteiger partial charge in [-0.15, -0.1) is 0 Å². The fourth-order valence-electron chi connectivity index (χ4n) is 3.83. The first-order valence-electron chi connectivity index (χ1n) is 11.1. The van der Waals surface area contributed by atoms with Crippen molar-refractivity contribution in [1.29, 1.82) is 0 Å². The number of alkyl halides is 3. The Morgan fingerprint density at radius 2 is 1.80 bits per heavy atom. The van der Waals surface area contributed by atoms with Gasteiger partial charge in [0.05, 0.1) is 22.3 Å². The predicted molar refractivity (Wildman–Crippen MR) is 128 cm³/mol. The fraction of sp³-hybridized carbons (Fsp3) is 0.269. The molecule has 9 heteroatoms. The highest BCUT2D eigenvalue weighted by Crippen LogP contribution is 2.38. The van der Waals surface area contributed by atoms with E-state index in [1.807, 2.05) is 39.0 Å². The van der Waals surface area contributed by atoms with Gasteiger partial charge in [-0.2, -0.15) is 23.3 Å². The number of benzene rings is 2. The summed E-state index contributed by atoms with van der Waals surface area (Å²) in [4.78, 5) is 16.7. The number of rotatable bonds is 6. The summed E-state index contributed by atoms with van der Waals surface area (Å²) in [6, 6.07) is 13.6. The van der Waals surface area contributed by atoms with Gasteiger partial charge in [-0.05, 0) is 62.1 Å². The van der Waals surface area contributed by atoms with E-state index >= 15 is 0 Å². The number of nitrogens with one attached hydrogen (secondary N) is 1. The molecule has 0 bridgehead atoms. The summed E-state index contributed by atoms with van der Waals surface area (Å²) >= 11 is 0. The van der Waals surface area contributed by atoms with Crippen LogP contribution in [-0.4, -0.2) is 27.3 Å². The second-order valence-corrected chi connectivity index (χ2v) is 8.31. The van der Waals surface area contributed by atoms with Crippen molar-refractivity contribution in [2.75, 3.05) is 11.9 Å². The maximum absolute atomic E-state index is 14.0. The Morgan fingerprint density at radius 1 is 1.09 bits per heavy atom. The van der Waals surface area contributed by atoms with E-state index in [9.17, 15) is 18.0 Å². The largest absolute Gasteiger partial charge is 0.467 e. The van der Waals surface area contributed by atoms with E-state index in [1.165, 1.54) is 11.6 Å². The zero-order valence-electron chi connectivity index (χ0n) is 19.8. The second-order valence-electron chi connectivity index (χ2n) is 8.31. The van der Waals surface area contributed by atoms with Crippen LogP contribution in [0, 0.1) is 20.8 Å². The third-order valence-electron chi connectivity index (χ3n) is 5.91. The number of aromatic nitrogens is 3. The molecule has 1 amide bonds. The number of amides is 1. The monoisotopic (exact) mass is 482 g/mol. The Bertz CT molecular complexity index is 1390. The minimum atomic E-state index is -4.66. The Balaban J connectivity index is 1.68. The Morgan fingerprint density at radius 3 is 2.46 bits per heavy atom. The van der Waals surface area contributed by atoms with E-state index in [1.54, 1.807) is 24.3 Å². The summed E-state index contributed by atoms with van der Waals surface area (Å²) in [6.45, 7) is 6.81. The molecule has 0 aliphatic carbocycles. The number of carbonyl (C=O) groups is 1. The molecule has 6 nitrogen and oxygen atoms in total. The molecular weight excluding hydrogens is 457 g/mol. The number of halogens is 3. The lowest BCUT2D eigenvalue weighted by Crippen LogP contribution is -2.21. The van der Waals surface area contributed by atoms with Crippen molar-refractivity contribution in [2.24, 2.45) is 0 Å². The van der Waals surface area contributed by atoms with Gasteiger partial charge in [0.1, 0.15) is 0 Å². The molecule has 35 heavy (non-hydrogen) atoms. The molecule has 0 atom stereocenters. The van der Waals surface area contributed by atoms with Crippen LogP contribution in [0.1, 0.15) is 34.9 Å². The molecule has 4 rings (SSSR count). The topological polar surface area (TPSA) is 69.0 Å². The summed E-state index contributed by atoms with van der Waals surface area (Å²) in [5.74, 6) is -0.818. The van der Waals surface area contributed by atoms with E-state index in [-0.39, 0.29) is 22.6 Å². The number of pyridine rings is 1. The van der Waals surface area contributed by atoms with Gasteiger partial charge >= 0.3 is 6.18 Å². The molecule has 0 unspecified atom stereocenters. The first-order valence-corrected chi connectivity index (χ1v) is 11.1. The first-order chi connectivity index (χ1) is 16.6. The van der Waals surface area contributed by atoms with Crippen LogP contribution in [0.2, 0.25) is 0 Å². The van der Waals surface area contributed by atoms with Crippen LogP contribution < -0.4 is 10.1 Å². The lowest BCUT2D eigenvalue weighted by molar-refractivity contribution is -0.136. The molecule has 0 fully saturated rings. The van der Waals surface area contributed by atoms with Crippen molar-refractivity contribution < 1.29 is 22.7 Å². The molecule has 0 radical (unpaired) electrons. The van der Waals surface area contributed by atoms with Crippen LogP contribution in [0.5, 0.6) is 5.88 Å². The number of carbonyl (C=O) groups excluding carboxylic acids is 1. The predicted octanol–water partition coefficient (Wildman–Crippen LogP) is 5.94. The van der Waals surface area contributed by atoms with Crippen molar-refractivity contribution in [2.45, 2.75) is 40.3 Å². The van der Waals surface area contributed by atoms with Crippen molar-refractivity contribution in [3.05, 3.63) is 76.5 Å². The molecule has 0 saturated heterocycles. The smallest absolute Gasteiger partial charge is 0.417 e. The highest BCUT2D eigenvalue weighted by Gasteiger charge is 2.36. The SMILES string of the molecule is CCc1ccc(-n2nc(C)c3c(C(F)(F)F)cc(OCC(=O)Nc4cccc(C)c4C)nc32)cc1. The van der Waals surface area contributed by atoms with E-state index in [0.717, 1.165) is 29.2 Å². The molecule has 0 aliphatic heterocycles. The molecule has 4 aromatic rings. The molecule has 182 valence electrons. The van der Waals surface area contributed by atoms with Crippen LogP contribution >= 0.6 is 0 Å². The van der Waals surface area contributed by atoms with Crippen LogP contribution in [0.15, 0.2) is 48.5 Å². The van der Waals surface area contributed by atoms with Crippen LogP contribution in [-0.2, 0) is 17.4 Å². The quantitative estimate of drug-likeness (QED) is 0.369. The Kier molecular flexibility index (Phi) is 6.51.